The smallest absolute Gasteiger partial charge is 0.120 e. The summed E-state index contributed by atoms with van der Waals surface area (Å²) in [4.78, 5) is 2.18. The van der Waals surface area contributed by atoms with E-state index in [1.807, 2.05) is 48.5 Å². The molecule has 0 fully saturated rings. The lowest BCUT2D eigenvalue weighted by atomic mass is 10.1. The Morgan fingerprint density at radius 1 is 0.720 bits per heavy atom. The largest absolute Gasteiger partial charge is 0.497 e. The predicted molar refractivity (Wildman–Crippen MR) is 104 cm³/mol. The lowest BCUT2D eigenvalue weighted by Crippen LogP contribution is -2.10. The highest BCUT2D eigenvalue weighted by atomic mass is 16.5. The van der Waals surface area contributed by atoms with Crippen LogP contribution in [0.2, 0.25) is 0 Å². The van der Waals surface area contributed by atoms with Gasteiger partial charge in [-0.05, 0) is 54.1 Å². The maximum Gasteiger partial charge on any atom is 0.120 e. The molecule has 0 unspecified atom stereocenters. The summed E-state index contributed by atoms with van der Waals surface area (Å²) in [5, 5.41) is 0. The summed E-state index contributed by atoms with van der Waals surface area (Å²) < 4.78 is 10.7. The molecule has 0 heterocycles. The molecule has 3 nitrogen and oxygen atoms in total. The van der Waals surface area contributed by atoms with E-state index in [0.717, 1.165) is 34.1 Å². The Balaban J connectivity index is 2.09. The van der Waals surface area contributed by atoms with E-state index in [-0.39, 0.29) is 0 Å². The van der Waals surface area contributed by atoms with Crippen LogP contribution in [-0.2, 0) is 0 Å². The number of anilines is 3. The molecule has 0 aliphatic rings. The van der Waals surface area contributed by atoms with E-state index in [0.29, 0.717) is 0 Å². The molecule has 3 rings (SSSR count). The fourth-order valence-electron chi connectivity index (χ4n) is 2.69. The Morgan fingerprint density at radius 2 is 1.32 bits per heavy atom. The van der Waals surface area contributed by atoms with Crippen LogP contribution in [-0.4, -0.2) is 14.2 Å². The van der Waals surface area contributed by atoms with Gasteiger partial charge in [-0.25, -0.2) is 0 Å². The van der Waals surface area contributed by atoms with Crippen LogP contribution in [0.1, 0.15) is 5.56 Å². The zero-order chi connectivity index (χ0) is 17.6. The SMILES string of the molecule is C=Cc1ccc(N(c2ccc(OC)cc2)c2cccc(OC)c2)cc1. The molecule has 0 aromatic heterocycles. The van der Waals surface area contributed by atoms with E-state index in [1.54, 1.807) is 14.2 Å². The van der Waals surface area contributed by atoms with Crippen LogP contribution in [0.15, 0.2) is 79.4 Å². The normalized spacial score (nSPS) is 10.2. The summed E-state index contributed by atoms with van der Waals surface area (Å²) in [6.45, 7) is 3.82. The standard InChI is InChI=1S/C22H21NO2/c1-4-17-8-10-18(11-9-17)23(19-12-14-21(24-2)15-13-19)20-6-5-7-22(16-20)25-3/h4-16H,1H2,2-3H3. The van der Waals surface area contributed by atoms with Gasteiger partial charge in [-0.2, -0.15) is 0 Å². The van der Waals surface area contributed by atoms with Crippen molar-refractivity contribution in [3.63, 3.8) is 0 Å². The highest BCUT2D eigenvalue weighted by Gasteiger charge is 2.13. The average Bonchev–Trinajstić information content (AvgIpc) is 2.69. The average molecular weight is 331 g/mol. The molecule has 0 N–H and O–H groups in total. The molecule has 126 valence electrons. The van der Waals surface area contributed by atoms with Crippen molar-refractivity contribution in [2.45, 2.75) is 0 Å². The number of methoxy groups -OCH3 is 2. The van der Waals surface area contributed by atoms with Crippen molar-refractivity contribution >= 4 is 23.1 Å². The van der Waals surface area contributed by atoms with Crippen molar-refractivity contribution in [1.82, 2.24) is 0 Å². The molecule has 25 heavy (non-hydrogen) atoms. The monoisotopic (exact) mass is 331 g/mol. The number of hydrogen-bond donors (Lipinski definition) is 0. The Hall–Kier alpha value is -3.20. The highest BCUT2D eigenvalue weighted by molar-refractivity contribution is 5.77. The summed E-state index contributed by atoms with van der Waals surface area (Å²) in [5.41, 5.74) is 4.21. The first kappa shape index (κ1) is 16.7. The Bertz CT molecular complexity index is 839. The Labute approximate surface area is 148 Å². The number of ether oxygens (including phenoxy) is 2. The number of rotatable bonds is 6. The van der Waals surface area contributed by atoms with Crippen molar-refractivity contribution < 1.29 is 9.47 Å². The van der Waals surface area contributed by atoms with Crippen LogP contribution in [0.25, 0.3) is 6.08 Å². The van der Waals surface area contributed by atoms with Gasteiger partial charge in [-0.3, -0.25) is 0 Å². The lowest BCUT2D eigenvalue weighted by molar-refractivity contribution is 0.414. The topological polar surface area (TPSA) is 21.7 Å². The summed E-state index contributed by atoms with van der Waals surface area (Å²) >= 11 is 0. The molecular weight excluding hydrogens is 310 g/mol. The molecule has 3 aromatic carbocycles. The number of benzene rings is 3. The third-order valence-corrected chi connectivity index (χ3v) is 4.03. The van der Waals surface area contributed by atoms with Crippen LogP contribution >= 0.6 is 0 Å². The molecule has 0 spiro atoms. The summed E-state index contributed by atoms with van der Waals surface area (Å²) in [6.07, 6.45) is 1.84. The minimum Gasteiger partial charge on any atom is -0.497 e. The van der Waals surface area contributed by atoms with Crippen molar-refractivity contribution in [2.75, 3.05) is 19.1 Å². The van der Waals surface area contributed by atoms with Crippen LogP contribution in [0, 0.1) is 0 Å². The first-order chi connectivity index (χ1) is 12.2. The second-order valence-corrected chi connectivity index (χ2v) is 5.53. The zero-order valence-corrected chi connectivity index (χ0v) is 14.5. The third-order valence-electron chi connectivity index (χ3n) is 4.03. The Kier molecular flexibility index (Phi) is 5.05. The van der Waals surface area contributed by atoms with Gasteiger partial charge in [-0.15, -0.1) is 0 Å². The summed E-state index contributed by atoms with van der Waals surface area (Å²) in [5.74, 6) is 1.65. The van der Waals surface area contributed by atoms with Gasteiger partial charge in [0, 0.05) is 23.1 Å². The molecular formula is C22H21NO2. The molecule has 0 radical (unpaired) electrons. The van der Waals surface area contributed by atoms with Crippen molar-refractivity contribution in [3.8, 4) is 11.5 Å². The molecule has 3 heteroatoms. The minimum atomic E-state index is 0.818. The molecule has 0 aliphatic carbocycles. The quantitative estimate of drug-likeness (QED) is 0.568. The number of nitrogens with zero attached hydrogens (tertiary/aromatic N) is 1. The van der Waals surface area contributed by atoms with Crippen molar-refractivity contribution in [3.05, 3.63) is 84.9 Å². The van der Waals surface area contributed by atoms with E-state index in [4.69, 9.17) is 9.47 Å². The van der Waals surface area contributed by atoms with Crippen LogP contribution < -0.4 is 14.4 Å². The molecule has 0 atom stereocenters. The maximum atomic E-state index is 5.39. The maximum absolute atomic E-state index is 5.39. The van der Waals surface area contributed by atoms with Gasteiger partial charge in [-0.1, -0.05) is 30.9 Å². The van der Waals surface area contributed by atoms with Crippen LogP contribution in [0.4, 0.5) is 17.1 Å². The van der Waals surface area contributed by atoms with Crippen molar-refractivity contribution in [1.29, 1.82) is 0 Å². The van der Waals surface area contributed by atoms with E-state index < -0.39 is 0 Å². The van der Waals surface area contributed by atoms with Crippen LogP contribution in [0.3, 0.4) is 0 Å². The predicted octanol–water partition coefficient (Wildman–Crippen LogP) is 5.82. The van der Waals surface area contributed by atoms with Gasteiger partial charge in [0.15, 0.2) is 0 Å². The van der Waals surface area contributed by atoms with Gasteiger partial charge in [0.2, 0.25) is 0 Å². The zero-order valence-electron chi connectivity index (χ0n) is 14.5. The lowest BCUT2D eigenvalue weighted by Gasteiger charge is -2.26. The molecule has 3 aromatic rings. The molecule has 0 aliphatic heterocycles. The molecule has 0 bridgehead atoms. The van der Waals surface area contributed by atoms with E-state index in [9.17, 15) is 0 Å². The van der Waals surface area contributed by atoms with Gasteiger partial charge < -0.3 is 14.4 Å². The van der Waals surface area contributed by atoms with E-state index >= 15 is 0 Å². The fraction of sp³-hybridized carbons (Fsp3) is 0.0909. The highest BCUT2D eigenvalue weighted by Crippen LogP contribution is 2.36. The third kappa shape index (κ3) is 3.66. The second kappa shape index (κ2) is 7.58. The molecule has 0 amide bonds. The van der Waals surface area contributed by atoms with Crippen molar-refractivity contribution in [2.24, 2.45) is 0 Å². The van der Waals surface area contributed by atoms with E-state index in [1.165, 1.54) is 0 Å². The minimum absolute atomic E-state index is 0.818. The van der Waals surface area contributed by atoms with Gasteiger partial charge in [0.25, 0.3) is 0 Å². The first-order valence-corrected chi connectivity index (χ1v) is 8.06. The first-order valence-electron chi connectivity index (χ1n) is 8.06. The van der Waals surface area contributed by atoms with Gasteiger partial charge in [0.1, 0.15) is 11.5 Å². The van der Waals surface area contributed by atoms with Gasteiger partial charge in [0.05, 0.1) is 14.2 Å². The fourth-order valence-corrected chi connectivity index (χ4v) is 2.69. The van der Waals surface area contributed by atoms with Crippen LogP contribution in [0.5, 0.6) is 11.5 Å². The molecule has 0 saturated carbocycles. The van der Waals surface area contributed by atoms with Gasteiger partial charge >= 0.3 is 0 Å². The van der Waals surface area contributed by atoms with E-state index in [2.05, 4.69) is 41.8 Å². The summed E-state index contributed by atoms with van der Waals surface area (Å²) in [6, 6.07) is 24.3. The molecule has 0 saturated heterocycles. The second-order valence-electron chi connectivity index (χ2n) is 5.53. The Morgan fingerprint density at radius 3 is 1.88 bits per heavy atom. The number of hydrogen-bond acceptors (Lipinski definition) is 3. The summed E-state index contributed by atoms with van der Waals surface area (Å²) in [7, 11) is 3.35.